The van der Waals surface area contributed by atoms with E-state index in [9.17, 15) is 9.18 Å². The van der Waals surface area contributed by atoms with E-state index in [-0.39, 0.29) is 11.7 Å². The Hall–Kier alpha value is -1.47. The second-order valence-electron chi connectivity index (χ2n) is 4.80. The second kappa shape index (κ2) is 8.85. The van der Waals surface area contributed by atoms with Crippen molar-refractivity contribution in [3.63, 3.8) is 0 Å². The standard InChI is InChI=1S/C15H18FN3OS2/c1-2-3-4-8-13(20)17-14-18-19-15(22-14)21-10-11-6-5-7-12(16)9-11/h5-7,9H,2-4,8,10H2,1H3,(H,17,18,20). The van der Waals surface area contributed by atoms with Gasteiger partial charge in [-0.25, -0.2) is 4.39 Å². The van der Waals surface area contributed by atoms with Crippen molar-refractivity contribution in [3.05, 3.63) is 35.6 Å². The number of carbonyl (C=O) groups is 1. The van der Waals surface area contributed by atoms with E-state index in [2.05, 4.69) is 22.4 Å². The highest BCUT2D eigenvalue weighted by atomic mass is 32.2. The van der Waals surface area contributed by atoms with Gasteiger partial charge < -0.3 is 5.32 Å². The number of hydrogen-bond donors (Lipinski definition) is 1. The fourth-order valence-corrected chi connectivity index (χ4v) is 3.52. The lowest BCUT2D eigenvalue weighted by atomic mass is 10.2. The molecule has 22 heavy (non-hydrogen) atoms. The molecule has 0 aliphatic heterocycles. The number of benzene rings is 1. The number of hydrogen-bond acceptors (Lipinski definition) is 5. The fourth-order valence-electron chi connectivity index (χ4n) is 1.81. The van der Waals surface area contributed by atoms with Crippen LogP contribution < -0.4 is 5.32 Å². The van der Waals surface area contributed by atoms with Gasteiger partial charge >= 0.3 is 0 Å². The number of nitrogens with zero attached hydrogens (tertiary/aromatic N) is 2. The third-order valence-corrected chi connectivity index (χ3v) is 4.95. The highest BCUT2D eigenvalue weighted by Gasteiger charge is 2.08. The number of aromatic nitrogens is 2. The van der Waals surface area contributed by atoms with E-state index < -0.39 is 0 Å². The lowest BCUT2D eigenvalue weighted by Crippen LogP contribution is -2.10. The number of nitrogens with one attached hydrogen (secondary N) is 1. The summed E-state index contributed by atoms with van der Waals surface area (Å²) in [4.78, 5) is 11.7. The van der Waals surface area contributed by atoms with Gasteiger partial charge in [0.15, 0.2) is 4.34 Å². The first-order chi connectivity index (χ1) is 10.7. The SMILES string of the molecule is CCCCCC(=O)Nc1nnc(SCc2cccc(F)c2)s1. The van der Waals surface area contributed by atoms with Crippen LogP contribution in [0.25, 0.3) is 0 Å². The zero-order chi connectivity index (χ0) is 15.8. The molecule has 2 aromatic rings. The van der Waals surface area contributed by atoms with Gasteiger partial charge in [0.1, 0.15) is 5.82 Å². The fraction of sp³-hybridized carbons (Fsp3) is 0.400. The average molecular weight is 339 g/mol. The third kappa shape index (κ3) is 5.73. The Morgan fingerprint density at radius 2 is 2.23 bits per heavy atom. The van der Waals surface area contributed by atoms with Crippen LogP contribution in [-0.2, 0) is 10.5 Å². The predicted octanol–water partition coefficient (Wildman–Crippen LogP) is 4.49. The molecule has 1 aromatic heterocycles. The van der Waals surface area contributed by atoms with Crippen molar-refractivity contribution in [2.45, 2.75) is 42.7 Å². The quantitative estimate of drug-likeness (QED) is 0.437. The number of halogens is 1. The number of rotatable bonds is 8. The summed E-state index contributed by atoms with van der Waals surface area (Å²) >= 11 is 2.82. The summed E-state index contributed by atoms with van der Waals surface area (Å²) in [6.45, 7) is 2.10. The van der Waals surface area contributed by atoms with E-state index in [1.54, 1.807) is 6.07 Å². The molecule has 7 heteroatoms. The normalized spacial score (nSPS) is 10.6. The molecule has 0 saturated heterocycles. The molecule has 1 N–H and O–H groups in total. The van der Waals surface area contributed by atoms with Gasteiger partial charge in [-0.1, -0.05) is 55.0 Å². The molecule has 1 aromatic carbocycles. The molecule has 118 valence electrons. The Bertz CT molecular complexity index is 618. The molecule has 0 fully saturated rings. The minimum Gasteiger partial charge on any atom is -0.301 e. The number of carbonyl (C=O) groups excluding carboxylic acids is 1. The Morgan fingerprint density at radius 1 is 1.36 bits per heavy atom. The molecule has 4 nitrogen and oxygen atoms in total. The summed E-state index contributed by atoms with van der Waals surface area (Å²) in [5.41, 5.74) is 0.894. The van der Waals surface area contributed by atoms with Crippen LogP contribution in [0.2, 0.25) is 0 Å². The lowest BCUT2D eigenvalue weighted by Gasteiger charge is -1.99. The minimum absolute atomic E-state index is 0.0220. The molecule has 1 amide bonds. The van der Waals surface area contributed by atoms with Crippen molar-refractivity contribution < 1.29 is 9.18 Å². The number of anilines is 1. The Kier molecular flexibility index (Phi) is 6.79. The van der Waals surface area contributed by atoms with Gasteiger partial charge in [0.2, 0.25) is 11.0 Å². The van der Waals surface area contributed by atoms with Gasteiger partial charge in [0.25, 0.3) is 0 Å². The molecule has 0 aliphatic rings. The summed E-state index contributed by atoms with van der Waals surface area (Å²) in [5.74, 6) is 0.360. The highest BCUT2D eigenvalue weighted by Crippen LogP contribution is 2.28. The van der Waals surface area contributed by atoms with Crippen molar-refractivity contribution in [2.75, 3.05) is 5.32 Å². The first-order valence-electron chi connectivity index (χ1n) is 7.18. The smallest absolute Gasteiger partial charge is 0.226 e. The molecule has 0 atom stereocenters. The average Bonchev–Trinajstić information content (AvgIpc) is 2.93. The Morgan fingerprint density at radius 3 is 3.00 bits per heavy atom. The third-order valence-electron chi connectivity index (χ3n) is 2.91. The van der Waals surface area contributed by atoms with Gasteiger partial charge in [0, 0.05) is 12.2 Å². The van der Waals surface area contributed by atoms with E-state index in [0.29, 0.717) is 17.3 Å². The Balaban J connectivity index is 1.80. The van der Waals surface area contributed by atoms with Gasteiger partial charge in [-0.15, -0.1) is 10.2 Å². The summed E-state index contributed by atoms with van der Waals surface area (Å²) in [6, 6.07) is 6.48. The predicted molar refractivity (Wildman–Crippen MR) is 88.6 cm³/mol. The van der Waals surface area contributed by atoms with Crippen LogP contribution in [0.4, 0.5) is 9.52 Å². The van der Waals surface area contributed by atoms with Crippen LogP contribution in [0, 0.1) is 5.82 Å². The number of thioether (sulfide) groups is 1. The van der Waals surface area contributed by atoms with Gasteiger partial charge in [-0.3, -0.25) is 4.79 Å². The van der Waals surface area contributed by atoms with Crippen LogP contribution in [0.15, 0.2) is 28.6 Å². The first kappa shape index (κ1) is 16.9. The van der Waals surface area contributed by atoms with E-state index in [1.807, 2.05) is 6.07 Å². The van der Waals surface area contributed by atoms with E-state index >= 15 is 0 Å². The summed E-state index contributed by atoms with van der Waals surface area (Å²) in [5, 5.41) is 11.3. The summed E-state index contributed by atoms with van der Waals surface area (Å²) in [6.07, 6.45) is 3.55. The molecule has 0 aliphatic carbocycles. The molecule has 0 unspecified atom stereocenters. The molecule has 0 saturated carbocycles. The molecule has 1 heterocycles. The monoisotopic (exact) mass is 339 g/mol. The topological polar surface area (TPSA) is 54.9 Å². The molecule has 0 radical (unpaired) electrons. The van der Waals surface area contributed by atoms with E-state index in [1.165, 1.54) is 35.2 Å². The maximum atomic E-state index is 13.1. The largest absolute Gasteiger partial charge is 0.301 e. The minimum atomic E-state index is -0.240. The van der Waals surface area contributed by atoms with Gasteiger partial charge in [0.05, 0.1) is 0 Å². The zero-order valence-corrected chi connectivity index (χ0v) is 14.0. The van der Waals surface area contributed by atoms with Crippen molar-refractivity contribution in [1.82, 2.24) is 10.2 Å². The second-order valence-corrected chi connectivity index (χ2v) is 7.00. The van der Waals surface area contributed by atoms with Crippen LogP contribution in [0.1, 0.15) is 38.2 Å². The molecular weight excluding hydrogens is 321 g/mol. The van der Waals surface area contributed by atoms with Crippen LogP contribution in [0.3, 0.4) is 0 Å². The van der Waals surface area contributed by atoms with Crippen molar-refractivity contribution in [1.29, 1.82) is 0 Å². The van der Waals surface area contributed by atoms with Crippen LogP contribution >= 0.6 is 23.1 Å². The lowest BCUT2D eigenvalue weighted by molar-refractivity contribution is -0.116. The van der Waals surface area contributed by atoms with Crippen molar-refractivity contribution in [3.8, 4) is 0 Å². The Labute approximate surface area is 137 Å². The van der Waals surface area contributed by atoms with E-state index in [0.717, 1.165) is 29.2 Å². The maximum absolute atomic E-state index is 13.1. The molecule has 0 bridgehead atoms. The van der Waals surface area contributed by atoms with Gasteiger partial charge in [-0.2, -0.15) is 0 Å². The highest BCUT2D eigenvalue weighted by molar-refractivity contribution is 8.00. The van der Waals surface area contributed by atoms with Gasteiger partial charge in [-0.05, 0) is 24.1 Å². The summed E-state index contributed by atoms with van der Waals surface area (Å²) < 4.78 is 13.8. The van der Waals surface area contributed by atoms with E-state index in [4.69, 9.17) is 0 Å². The van der Waals surface area contributed by atoms with Crippen molar-refractivity contribution >= 4 is 34.1 Å². The molecular formula is C15H18FN3OS2. The van der Waals surface area contributed by atoms with Crippen molar-refractivity contribution in [2.24, 2.45) is 0 Å². The first-order valence-corrected chi connectivity index (χ1v) is 8.98. The van der Waals surface area contributed by atoms with Crippen LogP contribution in [0.5, 0.6) is 0 Å². The summed E-state index contributed by atoms with van der Waals surface area (Å²) in [7, 11) is 0. The molecule has 2 rings (SSSR count). The maximum Gasteiger partial charge on any atom is 0.226 e. The zero-order valence-electron chi connectivity index (χ0n) is 12.3. The molecule has 0 spiro atoms. The van der Waals surface area contributed by atoms with Crippen LogP contribution in [-0.4, -0.2) is 16.1 Å². The number of unbranched alkanes of at least 4 members (excludes halogenated alkanes) is 2. The number of amides is 1.